The first-order valence-electron chi connectivity index (χ1n) is 16.4. The second kappa shape index (κ2) is 9.88. The molecule has 0 N–H and O–H groups in total. The van der Waals surface area contributed by atoms with Gasteiger partial charge in [0.15, 0.2) is 0 Å². The molecule has 0 bridgehead atoms. The molecule has 0 saturated carbocycles. The van der Waals surface area contributed by atoms with Gasteiger partial charge >= 0.3 is 264 Å². The standard InChI is InChI=1S/C13H9.4C6H5.C5H5.2ClH.2H3Si.Zr/c1-3-7-12-10(5-1)9-11-6-2-4-8-13(11)12;4*1-2-4-6-5-3-1;1-2-4-5-3-1;;;;;/h1-9H;4*1-5H;1-3H,4H2;2*1H;2*1H3;. The summed E-state index contributed by atoms with van der Waals surface area (Å²) >= 11 is -6.99. The van der Waals surface area contributed by atoms with E-state index >= 15 is 0 Å². The summed E-state index contributed by atoms with van der Waals surface area (Å²) in [5, 5.41) is 0. The van der Waals surface area contributed by atoms with Crippen LogP contribution < -0.4 is 13.1 Å². The van der Waals surface area contributed by atoms with Gasteiger partial charge in [0.1, 0.15) is 0 Å². The molecular weight excluding hydrogens is 723 g/mol. The van der Waals surface area contributed by atoms with Crippen LogP contribution in [-0.2, 0) is 12.7 Å². The van der Waals surface area contributed by atoms with Gasteiger partial charge in [-0.25, -0.2) is 0 Å². The predicted octanol–water partition coefficient (Wildman–Crippen LogP) is 6.60. The first-order valence-corrected chi connectivity index (χ1v) is 40.7. The Labute approximate surface area is 286 Å². The molecule has 236 valence electrons. The number of halogens is 2. The van der Waals surface area contributed by atoms with Gasteiger partial charge in [0, 0.05) is 0 Å². The summed E-state index contributed by atoms with van der Waals surface area (Å²) in [4.78, 5) is 0. The molecule has 0 aromatic heterocycles. The average Bonchev–Trinajstić information content (AvgIpc) is 3.80. The van der Waals surface area contributed by atoms with E-state index in [-0.39, 0.29) is 28.4 Å². The Balaban J connectivity index is 0.00000193. The Morgan fingerprint density at radius 1 is 0.426 bits per heavy atom. The fourth-order valence-corrected chi connectivity index (χ4v) is 82.2. The van der Waals surface area contributed by atoms with E-state index in [0.717, 1.165) is 21.2 Å². The fourth-order valence-electron chi connectivity index (χ4n) is 12.2. The van der Waals surface area contributed by atoms with Crippen LogP contribution in [0.1, 0.15) is 21.2 Å². The van der Waals surface area contributed by atoms with E-state index in [9.17, 15) is 0 Å². The Hall–Kier alpha value is -3.30. The van der Waals surface area contributed by atoms with E-state index in [1.54, 1.807) is 3.28 Å². The van der Waals surface area contributed by atoms with Gasteiger partial charge in [-0.3, -0.25) is 0 Å². The van der Waals surface area contributed by atoms with Crippen molar-refractivity contribution in [2.24, 2.45) is 0 Å². The van der Waals surface area contributed by atoms with Crippen molar-refractivity contribution < 1.29 is 12.7 Å². The van der Waals surface area contributed by atoms with E-state index in [4.69, 9.17) is 0 Å². The van der Waals surface area contributed by atoms with Crippen LogP contribution in [0, 0.1) is 0 Å². The van der Waals surface area contributed by atoms with Crippen LogP contribution in [0.5, 0.6) is 0 Å². The van der Waals surface area contributed by atoms with Crippen molar-refractivity contribution in [3.63, 3.8) is 0 Å². The molecule has 0 nitrogen and oxygen atoms in total. The maximum atomic E-state index is 2.58. The van der Waals surface area contributed by atoms with Crippen molar-refractivity contribution in [2.75, 3.05) is 0 Å². The molecule has 0 amide bonds. The van der Waals surface area contributed by atoms with Crippen molar-refractivity contribution in [1.82, 2.24) is 0 Å². The molecule has 2 aliphatic carbocycles. The third kappa shape index (κ3) is 2.99. The normalized spacial score (nSPS) is 17.0. The van der Waals surface area contributed by atoms with Gasteiger partial charge in [0.2, 0.25) is 0 Å². The second-order valence-corrected chi connectivity index (χ2v) is 112. The van der Waals surface area contributed by atoms with Gasteiger partial charge < -0.3 is 0 Å². The summed E-state index contributed by atoms with van der Waals surface area (Å²) in [6, 6.07) is 66.5. The summed E-state index contributed by atoms with van der Waals surface area (Å²) in [7, 11) is 1.74. The van der Waals surface area contributed by atoms with E-state index < -0.39 is 12.7 Å². The van der Waals surface area contributed by atoms with E-state index in [2.05, 4.69) is 188 Å². The zero-order valence-electron chi connectivity index (χ0n) is 27.0. The Morgan fingerprint density at radius 2 is 0.745 bits per heavy atom. The second-order valence-electron chi connectivity index (χ2n) is 15.9. The van der Waals surface area contributed by atoms with Crippen molar-refractivity contribution in [1.29, 1.82) is 0 Å². The number of rotatable bonds is 6. The maximum absolute atomic E-state index is 6.99. The average molecular weight is 765 g/mol. The topological polar surface area (TPSA) is 0 Å². The number of benzene rings is 6. The van der Waals surface area contributed by atoms with Gasteiger partial charge in [-0.05, 0) is 0 Å². The minimum absolute atomic E-state index is 0. The van der Waals surface area contributed by atoms with Crippen molar-refractivity contribution in [3.05, 3.63) is 202 Å². The van der Waals surface area contributed by atoms with Crippen LogP contribution in [0.4, 0.5) is 0 Å². The van der Waals surface area contributed by atoms with E-state index in [0.29, 0.717) is 0 Å². The Morgan fingerprint density at radius 3 is 1.06 bits per heavy atom. The minimum atomic E-state index is -6.99. The van der Waals surface area contributed by atoms with Gasteiger partial charge in [-0.2, -0.15) is 0 Å². The summed E-state index contributed by atoms with van der Waals surface area (Å²) in [6.45, 7) is 0. The van der Waals surface area contributed by atoms with Crippen molar-refractivity contribution >= 4 is 52.6 Å². The van der Waals surface area contributed by atoms with E-state index in [1.165, 1.54) is 35.3 Å². The van der Waals surface area contributed by atoms with Crippen molar-refractivity contribution in [2.45, 2.75) is 10.0 Å². The van der Waals surface area contributed by atoms with Gasteiger partial charge in [-0.1, -0.05) is 0 Å². The molecule has 5 heteroatoms. The zero-order chi connectivity index (χ0) is 30.8. The van der Waals surface area contributed by atoms with E-state index in [1.807, 2.05) is 0 Å². The first-order chi connectivity index (χ1) is 21.8. The monoisotopic (exact) mass is 762 g/mol. The molecular formula is C42H42Cl2Si2Zr. The molecule has 47 heavy (non-hydrogen) atoms. The van der Waals surface area contributed by atoms with Crippen LogP contribution in [0.2, 0.25) is 0 Å². The summed E-state index contributed by atoms with van der Waals surface area (Å²) < 4.78 is 7.72. The molecule has 6 aromatic rings. The molecule has 0 unspecified atom stereocenters. The SMILES string of the molecule is Cl.Cl.[SiH3][Zr]([SiH3])([C]1=CC=CC1)([c]1ccccc1)([c]1ccccc1)([c]1ccccc1)([c]1ccccc1)[CH]1c2ccccc2-c2ccccc21. The molecule has 6 aromatic carbocycles. The Kier molecular flexibility index (Phi) is 7.06. The van der Waals surface area contributed by atoms with Crippen LogP contribution in [0.15, 0.2) is 191 Å². The molecule has 0 atom stereocenters. The molecule has 0 radical (unpaired) electrons. The summed E-state index contributed by atoms with van der Waals surface area (Å²) in [5.74, 6) is 0. The molecule has 8 rings (SSSR count). The number of hydrogen-bond donors (Lipinski definition) is 0. The molecule has 0 aliphatic heterocycles. The number of hydrogen-bond acceptors (Lipinski definition) is 0. The predicted molar refractivity (Wildman–Crippen MR) is 214 cm³/mol. The third-order valence-electron chi connectivity index (χ3n) is 14.8. The summed E-state index contributed by atoms with van der Waals surface area (Å²) in [6.07, 6.45) is 8.29. The third-order valence-corrected chi connectivity index (χ3v) is 102. The molecule has 0 fully saturated rings. The first kappa shape index (κ1) is 33.6. The summed E-state index contributed by atoms with van der Waals surface area (Å²) in [5.41, 5.74) is 5.67. The number of fused-ring (bicyclic) bond motifs is 3. The van der Waals surface area contributed by atoms with Crippen LogP contribution in [0.3, 0.4) is 0 Å². The molecule has 2 aliphatic rings. The molecule has 0 heterocycles. The van der Waals surface area contributed by atoms with Crippen LogP contribution >= 0.6 is 24.8 Å². The number of allylic oxidation sites excluding steroid dienone is 4. The van der Waals surface area contributed by atoms with Gasteiger partial charge in [0.25, 0.3) is 0 Å². The van der Waals surface area contributed by atoms with Gasteiger partial charge in [0.05, 0.1) is 0 Å². The van der Waals surface area contributed by atoms with Crippen LogP contribution in [-0.4, -0.2) is 14.7 Å². The fraction of sp³-hybridized carbons (Fsp3) is 0.0476. The molecule has 0 spiro atoms. The quantitative estimate of drug-likeness (QED) is 0.168. The van der Waals surface area contributed by atoms with Crippen LogP contribution in [0.25, 0.3) is 11.1 Å². The van der Waals surface area contributed by atoms with Gasteiger partial charge in [-0.15, -0.1) is 24.8 Å². The Bertz CT molecular complexity index is 2020. The molecule has 0 saturated heterocycles. The zero-order valence-corrected chi connectivity index (χ0v) is 35.1. The van der Waals surface area contributed by atoms with Crippen molar-refractivity contribution in [3.8, 4) is 11.1 Å².